The minimum atomic E-state index is 0.583. The van der Waals surface area contributed by atoms with Crippen molar-refractivity contribution in [3.05, 3.63) is 24.4 Å². The maximum Gasteiger partial charge on any atom is 0.126 e. The van der Waals surface area contributed by atoms with Gasteiger partial charge in [0, 0.05) is 12.2 Å². The molecule has 0 saturated carbocycles. The van der Waals surface area contributed by atoms with Crippen LogP contribution < -0.4 is 5.32 Å². The molecular weight excluding hydrogens is 172 g/mol. The van der Waals surface area contributed by atoms with E-state index in [1.165, 1.54) is 25.7 Å². The molecule has 0 aliphatic heterocycles. The van der Waals surface area contributed by atoms with Gasteiger partial charge in [0.2, 0.25) is 0 Å². The number of rotatable bonds is 6. The Morgan fingerprint density at radius 1 is 1.21 bits per heavy atom. The van der Waals surface area contributed by atoms with E-state index in [4.69, 9.17) is 0 Å². The highest BCUT2D eigenvalue weighted by Gasteiger charge is 2.05. The maximum atomic E-state index is 4.27. The lowest BCUT2D eigenvalue weighted by molar-refractivity contribution is 0.584. The molecule has 0 bridgehead atoms. The van der Waals surface area contributed by atoms with Crippen molar-refractivity contribution in [2.75, 3.05) is 5.32 Å². The molecule has 1 N–H and O–H groups in total. The van der Waals surface area contributed by atoms with Crippen LogP contribution in [0.25, 0.3) is 0 Å². The minimum Gasteiger partial charge on any atom is -0.367 e. The SMILES string of the molecule is CCCC(CCC)Nc1ccccn1. The molecule has 0 aliphatic rings. The number of hydrogen-bond acceptors (Lipinski definition) is 2. The topological polar surface area (TPSA) is 24.9 Å². The van der Waals surface area contributed by atoms with Crippen LogP contribution in [-0.4, -0.2) is 11.0 Å². The van der Waals surface area contributed by atoms with Gasteiger partial charge < -0.3 is 5.32 Å². The highest BCUT2D eigenvalue weighted by atomic mass is 15.0. The van der Waals surface area contributed by atoms with Crippen LogP contribution in [0.5, 0.6) is 0 Å². The Labute approximate surface area is 86.8 Å². The van der Waals surface area contributed by atoms with E-state index in [2.05, 4.69) is 24.1 Å². The van der Waals surface area contributed by atoms with Crippen molar-refractivity contribution in [1.29, 1.82) is 0 Å². The molecule has 1 heterocycles. The summed E-state index contributed by atoms with van der Waals surface area (Å²) in [6, 6.07) is 6.57. The lowest BCUT2D eigenvalue weighted by atomic mass is 10.1. The van der Waals surface area contributed by atoms with Crippen molar-refractivity contribution in [3.63, 3.8) is 0 Å². The third-order valence-electron chi connectivity index (χ3n) is 2.29. The van der Waals surface area contributed by atoms with Crippen molar-refractivity contribution in [1.82, 2.24) is 4.98 Å². The Hall–Kier alpha value is -1.05. The molecule has 0 saturated heterocycles. The van der Waals surface area contributed by atoms with Gasteiger partial charge in [-0.25, -0.2) is 4.98 Å². The lowest BCUT2D eigenvalue weighted by Crippen LogP contribution is -2.19. The number of aromatic nitrogens is 1. The van der Waals surface area contributed by atoms with Crippen LogP contribution in [0.3, 0.4) is 0 Å². The average Bonchev–Trinajstić information content (AvgIpc) is 2.20. The molecule has 2 heteroatoms. The van der Waals surface area contributed by atoms with Crippen molar-refractivity contribution in [3.8, 4) is 0 Å². The van der Waals surface area contributed by atoms with E-state index < -0.39 is 0 Å². The highest BCUT2D eigenvalue weighted by Crippen LogP contribution is 2.11. The zero-order valence-electron chi connectivity index (χ0n) is 9.16. The normalized spacial score (nSPS) is 10.5. The smallest absolute Gasteiger partial charge is 0.126 e. The Morgan fingerprint density at radius 2 is 1.93 bits per heavy atom. The first-order valence-electron chi connectivity index (χ1n) is 5.54. The second-order valence-corrected chi connectivity index (χ2v) is 3.63. The summed E-state index contributed by atoms with van der Waals surface area (Å²) in [6.45, 7) is 4.45. The fourth-order valence-corrected chi connectivity index (χ4v) is 1.64. The van der Waals surface area contributed by atoms with Crippen LogP contribution in [0.15, 0.2) is 24.4 Å². The summed E-state index contributed by atoms with van der Waals surface area (Å²) < 4.78 is 0. The molecule has 0 aromatic carbocycles. The molecule has 2 nitrogen and oxygen atoms in total. The fraction of sp³-hybridized carbons (Fsp3) is 0.583. The molecule has 0 aliphatic carbocycles. The second kappa shape index (κ2) is 6.41. The van der Waals surface area contributed by atoms with Gasteiger partial charge in [0.15, 0.2) is 0 Å². The van der Waals surface area contributed by atoms with E-state index in [1.54, 1.807) is 0 Å². The molecule has 0 fully saturated rings. The van der Waals surface area contributed by atoms with Gasteiger partial charge in [-0.3, -0.25) is 0 Å². The van der Waals surface area contributed by atoms with Crippen LogP contribution in [0.2, 0.25) is 0 Å². The molecule has 0 radical (unpaired) electrons. The van der Waals surface area contributed by atoms with E-state index in [9.17, 15) is 0 Å². The molecule has 0 amide bonds. The monoisotopic (exact) mass is 192 g/mol. The first kappa shape index (κ1) is 11.0. The van der Waals surface area contributed by atoms with Crippen LogP contribution in [-0.2, 0) is 0 Å². The van der Waals surface area contributed by atoms with E-state index in [1.807, 2.05) is 24.4 Å². The Balaban J connectivity index is 2.46. The maximum absolute atomic E-state index is 4.27. The third kappa shape index (κ3) is 3.77. The van der Waals surface area contributed by atoms with Crippen molar-refractivity contribution >= 4 is 5.82 Å². The summed E-state index contributed by atoms with van der Waals surface area (Å²) in [5.74, 6) is 0.999. The number of nitrogens with one attached hydrogen (secondary N) is 1. The summed E-state index contributed by atoms with van der Waals surface area (Å²) in [5, 5.41) is 3.47. The summed E-state index contributed by atoms with van der Waals surface area (Å²) in [4.78, 5) is 4.27. The van der Waals surface area contributed by atoms with E-state index >= 15 is 0 Å². The van der Waals surface area contributed by atoms with Gasteiger partial charge in [-0.1, -0.05) is 32.8 Å². The quantitative estimate of drug-likeness (QED) is 0.746. The third-order valence-corrected chi connectivity index (χ3v) is 2.29. The first-order valence-corrected chi connectivity index (χ1v) is 5.54. The van der Waals surface area contributed by atoms with E-state index in [0.29, 0.717) is 6.04 Å². The highest BCUT2D eigenvalue weighted by molar-refractivity contribution is 5.34. The van der Waals surface area contributed by atoms with E-state index in [0.717, 1.165) is 5.82 Å². The average molecular weight is 192 g/mol. The predicted molar refractivity (Wildman–Crippen MR) is 61.5 cm³/mol. The molecule has 0 spiro atoms. The largest absolute Gasteiger partial charge is 0.367 e. The number of anilines is 1. The van der Waals surface area contributed by atoms with Crippen LogP contribution >= 0.6 is 0 Å². The van der Waals surface area contributed by atoms with Crippen molar-refractivity contribution in [2.45, 2.75) is 45.6 Å². The number of nitrogens with zero attached hydrogens (tertiary/aromatic N) is 1. The number of pyridine rings is 1. The standard InChI is InChI=1S/C12H20N2/c1-3-7-11(8-4-2)14-12-9-5-6-10-13-12/h5-6,9-11H,3-4,7-8H2,1-2H3,(H,13,14). The van der Waals surface area contributed by atoms with E-state index in [-0.39, 0.29) is 0 Å². The zero-order valence-corrected chi connectivity index (χ0v) is 9.16. The lowest BCUT2D eigenvalue weighted by Gasteiger charge is -2.17. The molecule has 1 aromatic heterocycles. The fourth-order valence-electron chi connectivity index (χ4n) is 1.64. The molecule has 0 unspecified atom stereocenters. The van der Waals surface area contributed by atoms with Gasteiger partial charge in [-0.15, -0.1) is 0 Å². The van der Waals surface area contributed by atoms with Gasteiger partial charge in [0.05, 0.1) is 0 Å². The molecule has 1 rings (SSSR count). The molecule has 14 heavy (non-hydrogen) atoms. The summed E-state index contributed by atoms with van der Waals surface area (Å²) in [7, 11) is 0. The first-order chi connectivity index (χ1) is 6.86. The van der Waals surface area contributed by atoms with Gasteiger partial charge in [-0.2, -0.15) is 0 Å². The van der Waals surface area contributed by atoms with Gasteiger partial charge in [0.25, 0.3) is 0 Å². The Kier molecular flexibility index (Phi) is 5.05. The second-order valence-electron chi connectivity index (χ2n) is 3.63. The molecule has 78 valence electrons. The van der Waals surface area contributed by atoms with Gasteiger partial charge in [0.1, 0.15) is 5.82 Å². The minimum absolute atomic E-state index is 0.583. The number of hydrogen-bond donors (Lipinski definition) is 1. The summed E-state index contributed by atoms with van der Waals surface area (Å²) >= 11 is 0. The van der Waals surface area contributed by atoms with Crippen molar-refractivity contribution in [2.24, 2.45) is 0 Å². The molecule has 0 atom stereocenters. The van der Waals surface area contributed by atoms with Crippen LogP contribution in [0.1, 0.15) is 39.5 Å². The van der Waals surface area contributed by atoms with Gasteiger partial charge >= 0.3 is 0 Å². The van der Waals surface area contributed by atoms with Crippen LogP contribution in [0.4, 0.5) is 5.82 Å². The van der Waals surface area contributed by atoms with Crippen LogP contribution in [0, 0.1) is 0 Å². The molecule has 1 aromatic rings. The van der Waals surface area contributed by atoms with Crippen molar-refractivity contribution < 1.29 is 0 Å². The van der Waals surface area contributed by atoms with Gasteiger partial charge in [-0.05, 0) is 25.0 Å². The molecular formula is C12H20N2. The predicted octanol–water partition coefficient (Wildman–Crippen LogP) is 3.46. The summed E-state index contributed by atoms with van der Waals surface area (Å²) in [6.07, 6.45) is 6.74. The Morgan fingerprint density at radius 3 is 2.43 bits per heavy atom. The zero-order chi connectivity index (χ0) is 10.2. The Bertz CT molecular complexity index is 227. The summed E-state index contributed by atoms with van der Waals surface area (Å²) in [5.41, 5.74) is 0.